The van der Waals surface area contributed by atoms with E-state index in [0.29, 0.717) is 5.56 Å². The van der Waals surface area contributed by atoms with Crippen molar-refractivity contribution in [2.75, 3.05) is 0 Å². The Balaban J connectivity index is 1.80. The van der Waals surface area contributed by atoms with Gasteiger partial charge in [-0.25, -0.2) is 0 Å². The molecule has 0 aromatic heterocycles. The third-order valence-electron chi connectivity index (χ3n) is 4.39. The monoisotopic (exact) mass is 323 g/mol. The quantitative estimate of drug-likeness (QED) is 0.788. The van der Waals surface area contributed by atoms with Crippen molar-refractivity contribution < 1.29 is 14.3 Å². The number of carbonyl (C=O) groups excluding carboxylic acids is 2. The molecule has 2 aromatic rings. The number of benzene rings is 2. The lowest BCUT2D eigenvalue weighted by Gasteiger charge is -2.30. The fourth-order valence-corrected chi connectivity index (χ4v) is 3.17. The zero-order chi connectivity index (χ0) is 17.1. The lowest BCUT2D eigenvalue weighted by molar-refractivity contribution is -0.155. The molecule has 0 bridgehead atoms. The summed E-state index contributed by atoms with van der Waals surface area (Å²) in [6.45, 7) is 3.38. The molecule has 0 saturated carbocycles. The molecule has 0 N–H and O–H groups in total. The molecule has 1 aliphatic heterocycles. The van der Waals surface area contributed by atoms with Crippen LogP contribution in [0.1, 0.15) is 48.0 Å². The van der Waals surface area contributed by atoms with E-state index in [1.54, 1.807) is 11.0 Å². The van der Waals surface area contributed by atoms with Crippen molar-refractivity contribution in [3.8, 4) is 0 Å². The molecule has 124 valence electrons. The van der Waals surface area contributed by atoms with E-state index < -0.39 is 6.23 Å². The number of amides is 1. The fourth-order valence-electron chi connectivity index (χ4n) is 3.17. The maximum atomic E-state index is 12.8. The molecule has 24 heavy (non-hydrogen) atoms. The van der Waals surface area contributed by atoms with Gasteiger partial charge < -0.3 is 4.74 Å². The molecule has 0 spiro atoms. The van der Waals surface area contributed by atoms with Crippen LogP contribution in [-0.2, 0) is 16.0 Å². The molecule has 4 nitrogen and oxygen atoms in total. The molecule has 1 amide bonds. The molecule has 2 aromatic carbocycles. The van der Waals surface area contributed by atoms with Crippen molar-refractivity contribution in [3.63, 3.8) is 0 Å². The first-order valence-corrected chi connectivity index (χ1v) is 8.20. The minimum atomic E-state index is -0.628. The van der Waals surface area contributed by atoms with Gasteiger partial charge in [0.15, 0.2) is 0 Å². The summed E-state index contributed by atoms with van der Waals surface area (Å²) in [4.78, 5) is 26.0. The number of esters is 1. The summed E-state index contributed by atoms with van der Waals surface area (Å²) >= 11 is 0. The summed E-state index contributed by atoms with van der Waals surface area (Å²) in [5.41, 5.74) is 2.62. The first kappa shape index (κ1) is 16.2. The van der Waals surface area contributed by atoms with Gasteiger partial charge in [0.1, 0.15) is 0 Å². The van der Waals surface area contributed by atoms with Crippen LogP contribution in [0, 0.1) is 0 Å². The Bertz CT molecular complexity index is 742. The minimum Gasteiger partial charge on any atom is -0.437 e. The first-order chi connectivity index (χ1) is 11.6. The zero-order valence-electron chi connectivity index (χ0n) is 13.9. The van der Waals surface area contributed by atoms with Crippen LogP contribution in [0.25, 0.3) is 0 Å². The van der Waals surface area contributed by atoms with E-state index in [2.05, 4.69) is 12.1 Å². The number of fused-ring (bicyclic) bond motifs is 1. The number of hydrogen-bond acceptors (Lipinski definition) is 3. The predicted molar refractivity (Wildman–Crippen MR) is 91.3 cm³/mol. The van der Waals surface area contributed by atoms with Gasteiger partial charge in [-0.15, -0.1) is 0 Å². The van der Waals surface area contributed by atoms with Gasteiger partial charge in [0.25, 0.3) is 5.91 Å². The lowest BCUT2D eigenvalue weighted by Crippen LogP contribution is -2.38. The molecule has 3 rings (SSSR count). The molecule has 0 unspecified atom stereocenters. The third kappa shape index (κ3) is 3.18. The van der Waals surface area contributed by atoms with Crippen molar-refractivity contribution in [2.24, 2.45) is 0 Å². The number of aryl methyl sites for hydroxylation is 1. The van der Waals surface area contributed by atoms with Crippen molar-refractivity contribution in [1.29, 1.82) is 0 Å². The number of carbonyl (C=O) groups is 2. The van der Waals surface area contributed by atoms with Gasteiger partial charge in [-0.1, -0.05) is 48.5 Å². The minimum absolute atomic E-state index is 0.0329. The van der Waals surface area contributed by atoms with E-state index >= 15 is 0 Å². The molecule has 0 fully saturated rings. The molecule has 1 aliphatic rings. The van der Waals surface area contributed by atoms with Gasteiger partial charge in [-0.2, -0.15) is 0 Å². The predicted octanol–water partition coefficient (Wildman–Crippen LogP) is 3.73. The Morgan fingerprint density at radius 1 is 1.12 bits per heavy atom. The highest BCUT2D eigenvalue weighted by Gasteiger charge is 2.40. The Labute approximate surface area is 142 Å². The Hall–Kier alpha value is -2.62. The van der Waals surface area contributed by atoms with Crippen molar-refractivity contribution in [1.82, 2.24) is 4.90 Å². The molecule has 2 atom stereocenters. The van der Waals surface area contributed by atoms with Crippen LogP contribution in [0.3, 0.4) is 0 Å². The Morgan fingerprint density at radius 3 is 2.50 bits per heavy atom. The average Bonchev–Trinajstić information content (AvgIpc) is 2.86. The summed E-state index contributed by atoms with van der Waals surface area (Å²) < 4.78 is 5.46. The second kappa shape index (κ2) is 6.87. The van der Waals surface area contributed by atoms with Crippen LogP contribution in [-0.4, -0.2) is 22.8 Å². The molecular weight excluding hydrogens is 302 g/mol. The highest BCUT2D eigenvalue weighted by atomic mass is 16.6. The van der Waals surface area contributed by atoms with E-state index in [4.69, 9.17) is 4.74 Å². The third-order valence-corrected chi connectivity index (χ3v) is 4.39. The zero-order valence-corrected chi connectivity index (χ0v) is 13.9. The summed E-state index contributed by atoms with van der Waals surface area (Å²) in [6.07, 6.45) is 1.05. The van der Waals surface area contributed by atoms with Crippen LogP contribution in [0.2, 0.25) is 0 Å². The maximum Gasteiger partial charge on any atom is 0.304 e. The molecule has 0 radical (unpaired) electrons. The van der Waals surface area contributed by atoms with E-state index in [1.165, 1.54) is 12.5 Å². The summed E-state index contributed by atoms with van der Waals surface area (Å²) in [5.74, 6) is -0.456. The summed E-state index contributed by atoms with van der Waals surface area (Å²) in [5, 5.41) is 0. The van der Waals surface area contributed by atoms with Gasteiger partial charge in [0.05, 0.1) is 0 Å². The van der Waals surface area contributed by atoms with Gasteiger partial charge in [-0.3, -0.25) is 14.5 Å². The van der Waals surface area contributed by atoms with E-state index in [9.17, 15) is 9.59 Å². The van der Waals surface area contributed by atoms with E-state index in [1.807, 2.05) is 43.3 Å². The Kier molecular flexibility index (Phi) is 4.65. The average molecular weight is 323 g/mol. The van der Waals surface area contributed by atoms with E-state index in [0.717, 1.165) is 18.4 Å². The van der Waals surface area contributed by atoms with Crippen LogP contribution >= 0.6 is 0 Å². The van der Waals surface area contributed by atoms with Gasteiger partial charge in [0, 0.05) is 24.1 Å². The fraction of sp³-hybridized carbons (Fsp3) is 0.300. The second-order valence-electron chi connectivity index (χ2n) is 6.13. The van der Waals surface area contributed by atoms with Crippen LogP contribution < -0.4 is 0 Å². The second-order valence-corrected chi connectivity index (χ2v) is 6.13. The largest absolute Gasteiger partial charge is 0.437 e. The SMILES string of the molecule is CC(=O)O[C@@H]1c2ccccc2C(=O)N1[C@@H](C)CCc1ccccc1. The topological polar surface area (TPSA) is 46.6 Å². The summed E-state index contributed by atoms with van der Waals surface area (Å²) in [6, 6.07) is 17.5. The van der Waals surface area contributed by atoms with Crippen LogP contribution in [0.15, 0.2) is 54.6 Å². The lowest BCUT2D eigenvalue weighted by atomic mass is 10.1. The van der Waals surface area contributed by atoms with Gasteiger partial charge in [0.2, 0.25) is 6.23 Å². The van der Waals surface area contributed by atoms with Crippen molar-refractivity contribution >= 4 is 11.9 Å². The molecular formula is C20H21NO3. The standard InChI is InChI=1S/C20H21NO3/c1-14(12-13-16-8-4-3-5-9-16)21-19(23)17-10-6-7-11-18(17)20(21)24-15(2)22/h3-11,14,20H,12-13H2,1-2H3/t14-,20+/m0/s1. The Morgan fingerprint density at radius 2 is 1.79 bits per heavy atom. The number of rotatable bonds is 5. The summed E-state index contributed by atoms with van der Waals surface area (Å²) in [7, 11) is 0. The van der Waals surface area contributed by atoms with Crippen LogP contribution in [0.4, 0.5) is 0 Å². The van der Waals surface area contributed by atoms with Crippen molar-refractivity contribution in [2.45, 2.75) is 39.0 Å². The highest BCUT2D eigenvalue weighted by Crippen LogP contribution is 2.36. The maximum absolute atomic E-state index is 12.8. The van der Waals surface area contributed by atoms with Gasteiger partial charge >= 0.3 is 5.97 Å². The molecule has 0 saturated heterocycles. The van der Waals surface area contributed by atoms with E-state index in [-0.39, 0.29) is 17.9 Å². The number of ether oxygens (including phenoxy) is 1. The normalized spacial score (nSPS) is 17.5. The first-order valence-electron chi connectivity index (χ1n) is 8.20. The number of hydrogen-bond donors (Lipinski definition) is 0. The smallest absolute Gasteiger partial charge is 0.304 e. The molecule has 0 aliphatic carbocycles. The number of nitrogens with zero attached hydrogens (tertiary/aromatic N) is 1. The molecule has 4 heteroatoms. The highest BCUT2D eigenvalue weighted by molar-refractivity contribution is 5.99. The van der Waals surface area contributed by atoms with Crippen molar-refractivity contribution in [3.05, 3.63) is 71.3 Å². The van der Waals surface area contributed by atoms with Gasteiger partial charge in [-0.05, 0) is 31.4 Å². The van der Waals surface area contributed by atoms with Crippen LogP contribution in [0.5, 0.6) is 0 Å². The molecule has 1 heterocycles.